The van der Waals surface area contributed by atoms with Gasteiger partial charge in [-0.3, -0.25) is 4.57 Å². The van der Waals surface area contributed by atoms with E-state index in [2.05, 4.69) is 40.4 Å². The number of aromatic nitrogens is 3. The maximum Gasteiger partial charge on any atom is 0.328 e. The van der Waals surface area contributed by atoms with Crippen LogP contribution < -0.4 is 10.1 Å². The third-order valence-electron chi connectivity index (χ3n) is 7.28. The summed E-state index contributed by atoms with van der Waals surface area (Å²) in [5.41, 5.74) is 8.40. The van der Waals surface area contributed by atoms with Gasteiger partial charge in [-0.2, -0.15) is 0 Å². The summed E-state index contributed by atoms with van der Waals surface area (Å²) in [6, 6.07) is 8.98. The molecule has 7 nitrogen and oxygen atoms in total. The highest BCUT2D eigenvalue weighted by Crippen LogP contribution is 2.36. The van der Waals surface area contributed by atoms with E-state index < -0.39 is 0 Å². The second-order valence-electron chi connectivity index (χ2n) is 9.36. The molecule has 0 aliphatic carbocycles. The zero-order chi connectivity index (χ0) is 23.2. The van der Waals surface area contributed by atoms with Crippen molar-refractivity contribution in [3.63, 3.8) is 0 Å². The van der Waals surface area contributed by atoms with Crippen molar-refractivity contribution in [2.24, 2.45) is 0 Å². The van der Waals surface area contributed by atoms with Crippen LogP contribution in [0.15, 0.2) is 49.1 Å². The van der Waals surface area contributed by atoms with E-state index in [1.165, 1.54) is 34.2 Å². The minimum Gasteiger partial charge on any atom is -0.495 e. The molecule has 174 valence electrons. The molecule has 1 fully saturated rings. The summed E-state index contributed by atoms with van der Waals surface area (Å²) >= 11 is 0. The number of amides is 1. The number of nitrogens with one attached hydrogen (secondary N) is 2. The lowest BCUT2D eigenvalue weighted by atomic mass is 9.87. The van der Waals surface area contributed by atoms with Gasteiger partial charge in [-0.15, -0.1) is 0 Å². The predicted molar refractivity (Wildman–Crippen MR) is 132 cm³/mol. The molecular weight excluding hydrogens is 426 g/mol. The van der Waals surface area contributed by atoms with Crippen LogP contribution >= 0.6 is 0 Å². The molecule has 7 heteroatoms. The quantitative estimate of drug-likeness (QED) is 0.465. The molecule has 0 saturated carbocycles. The van der Waals surface area contributed by atoms with E-state index in [1.54, 1.807) is 24.1 Å². The summed E-state index contributed by atoms with van der Waals surface area (Å²) in [5.74, 6) is 0.689. The van der Waals surface area contributed by atoms with E-state index >= 15 is 0 Å². The second kappa shape index (κ2) is 8.33. The van der Waals surface area contributed by atoms with Crippen LogP contribution in [0.5, 0.6) is 5.75 Å². The van der Waals surface area contributed by atoms with Gasteiger partial charge in [0.2, 0.25) is 0 Å². The normalized spacial score (nSPS) is 17.8. The monoisotopic (exact) mass is 455 g/mol. The number of pyridine rings is 1. The Bertz CT molecular complexity index is 1380. The molecule has 0 unspecified atom stereocenters. The zero-order valence-electron chi connectivity index (χ0n) is 19.6. The number of benzene rings is 1. The van der Waals surface area contributed by atoms with Crippen LogP contribution in [0.1, 0.15) is 41.1 Å². The maximum absolute atomic E-state index is 13.2. The molecule has 34 heavy (non-hydrogen) atoms. The summed E-state index contributed by atoms with van der Waals surface area (Å²) in [6.45, 7) is 4.46. The number of hydrogen-bond acceptors (Lipinski definition) is 4. The summed E-state index contributed by atoms with van der Waals surface area (Å²) in [5, 5.41) is 4.84. The van der Waals surface area contributed by atoms with Crippen LogP contribution in [0.4, 0.5) is 4.79 Å². The van der Waals surface area contributed by atoms with Gasteiger partial charge in [0.1, 0.15) is 11.4 Å². The number of rotatable bonds is 3. The Morgan fingerprint density at radius 1 is 1.24 bits per heavy atom. The Hall–Kier alpha value is -3.58. The molecule has 6 rings (SSSR count). The van der Waals surface area contributed by atoms with E-state index in [-0.39, 0.29) is 6.03 Å². The van der Waals surface area contributed by atoms with E-state index in [4.69, 9.17) is 4.74 Å². The zero-order valence-corrected chi connectivity index (χ0v) is 19.6. The van der Waals surface area contributed by atoms with Crippen LogP contribution in [-0.2, 0) is 13.0 Å². The van der Waals surface area contributed by atoms with Gasteiger partial charge in [0, 0.05) is 48.7 Å². The standard InChI is InChI=1S/C27H29N5O2/c1-17-13-29-26-22(17)12-20(14-30-26)19-10-18-5-8-32(27(33)31-9-6-21(15-31)34-2)16-24(18)23(11-19)25-4-3-7-28-25/h6,9-15,25,28H,3-5,7-8,16H2,1-2H3,(H,29,30)/t25-/m0/s1. The summed E-state index contributed by atoms with van der Waals surface area (Å²) < 4.78 is 6.87. The lowest BCUT2D eigenvalue weighted by Gasteiger charge is -2.32. The Balaban J connectivity index is 1.38. The predicted octanol–water partition coefficient (Wildman–Crippen LogP) is 4.80. The van der Waals surface area contributed by atoms with E-state index in [0.717, 1.165) is 36.0 Å². The minimum absolute atomic E-state index is 0.0130. The maximum atomic E-state index is 13.2. The molecule has 1 aromatic carbocycles. The lowest BCUT2D eigenvalue weighted by Crippen LogP contribution is -2.39. The van der Waals surface area contributed by atoms with Crippen molar-refractivity contribution in [1.82, 2.24) is 24.8 Å². The molecule has 3 aromatic heterocycles. The Morgan fingerprint density at radius 3 is 2.94 bits per heavy atom. The van der Waals surface area contributed by atoms with Gasteiger partial charge >= 0.3 is 6.03 Å². The molecular formula is C27H29N5O2. The summed E-state index contributed by atoms with van der Waals surface area (Å²) in [6.07, 6.45) is 10.6. The van der Waals surface area contributed by atoms with Crippen LogP contribution in [0.2, 0.25) is 0 Å². The van der Waals surface area contributed by atoms with Crippen LogP contribution in [0, 0.1) is 6.92 Å². The fourth-order valence-corrected chi connectivity index (χ4v) is 5.36. The molecule has 2 aliphatic rings. The van der Waals surface area contributed by atoms with Crippen molar-refractivity contribution in [2.45, 2.75) is 38.8 Å². The van der Waals surface area contributed by atoms with E-state index in [9.17, 15) is 4.79 Å². The third kappa shape index (κ3) is 3.56. The first-order chi connectivity index (χ1) is 16.6. The molecule has 0 spiro atoms. The van der Waals surface area contributed by atoms with Crippen molar-refractivity contribution in [3.8, 4) is 16.9 Å². The van der Waals surface area contributed by atoms with E-state index in [1.807, 2.05) is 23.4 Å². The first kappa shape index (κ1) is 21.0. The van der Waals surface area contributed by atoms with Crippen LogP contribution in [-0.4, -0.2) is 45.7 Å². The Kier molecular flexibility index (Phi) is 5.14. The molecule has 5 heterocycles. The van der Waals surface area contributed by atoms with E-state index in [0.29, 0.717) is 24.9 Å². The first-order valence-corrected chi connectivity index (χ1v) is 11.9. The van der Waals surface area contributed by atoms with Crippen molar-refractivity contribution in [2.75, 3.05) is 20.2 Å². The number of aromatic amines is 1. The number of carbonyl (C=O) groups excluding carboxylic acids is 1. The molecule has 1 atom stereocenters. The van der Waals surface area contributed by atoms with Gasteiger partial charge in [0.25, 0.3) is 0 Å². The number of hydrogen-bond donors (Lipinski definition) is 2. The fraction of sp³-hybridized carbons (Fsp3) is 0.333. The highest BCUT2D eigenvalue weighted by atomic mass is 16.5. The highest BCUT2D eigenvalue weighted by Gasteiger charge is 2.28. The van der Waals surface area contributed by atoms with Crippen molar-refractivity contribution in [3.05, 3.63) is 71.3 Å². The molecule has 4 aromatic rings. The summed E-state index contributed by atoms with van der Waals surface area (Å²) in [7, 11) is 1.62. The van der Waals surface area contributed by atoms with Gasteiger partial charge in [-0.1, -0.05) is 6.07 Å². The second-order valence-corrected chi connectivity index (χ2v) is 9.36. The van der Waals surface area contributed by atoms with Crippen molar-refractivity contribution >= 4 is 17.1 Å². The van der Waals surface area contributed by atoms with Gasteiger partial charge in [-0.25, -0.2) is 9.78 Å². The smallest absolute Gasteiger partial charge is 0.328 e. The average Bonchev–Trinajstić information content (AvgIpc) is 3.64. The number of methoxy groups -OCH3 is 1. The fourth-order valence-electron chi connectivity index (χ4n) is 5.36. The molecule has 1 amide bonds. The lowest BCUT2D eigenvalue weighted by molar-refractivity contribution is 0.193. The minimum atomic E-state index is -0.0130. The average molecular weight is 456 g/mol. The number of aryl methyl sites for hydroxylation is 1. The van der Waals surface area contributed by atoms with Crippen molar-refractivity contribution < 1.29 is 9.53 Å². The van der Waals surface area contributed by atoms with Gasteiger partial charge in [-0.05, 0) is 78.7 Å². The number of carbonyl (C=O) groups is 1. The number of H-pyrrole nitrogens is 1. The molecule has 2 aliphatic heterocycles. The Morgan fingerprint density at radius 2 is 2.15 bits per heavy atom. The molecule has 1 saturated heterocycles. The number of fused-ring (bicyclic) bond motifs is 2. The summed E-state index contributed by atoms with van der Waals surface area (Å²) in [4.78, 5) is 23.0. The molecule has 0 bridgehead atoms. The van der Waals surface area contributed by atoms with Crippen molar-refractivity contribution in [1.29, 1.82) is 0 Å². The van der Waals surface area contributed by atoms with Gasteiger partial charge < -0.3 is 19.9 Å². The molecule has 2 N–H and O–H groups in total. The topological polar surface area (TPSA) is 75.2 Å². The SMILES string of the molecule is COc1ccn(C(=O)N2CCc3cc(-c4cnc5[nH]cc(C)c5c4)cc([C@@H]4CCCN4)c3C2)c1. The van der Waals surface area contributed by atoms with Gasteiger partial charge in [0.05, 0.1) is 13.3 Å². The highest BCUT2D eigenvalue weighted by molar-refractivity contribution is 5.85. The van der Waals surface area contributed by atoms with Gasteiger partial charge in [0.15, 0.2) is 0 Å². The number of nitrogens with zero attached hydrogens (tertiary/aromatic N) is 3. The third-order valence-corrected chi connectivity index (χ3v) is 7.28. The van der Waals surface area contributed by atoms with Crippen LogP contribution in [0.3, 0.4) is 0 Å². The molecule has 0 radical (unpaired) electrons. The van der Waals surface area contributed by atoms with Crippen LogP contribution in [0.25, 0.3) is 22.2 Å². The number of ether oxygens (including phenoxy) is 1. The first-order valence-electron chi connectivity index (χ1n) is 11.9. The largest absolute Gasteiger partial charge is 0.495 e. The Labute approximate surface area is 198 Å².